The van der Waals surface area contributed by atoms with Crippen molar-refractivity contribution in [2.75, 3.05) is 10.6 Å². The maximum absolute atomic E-state index is 13.0. The number of rotatable bonds is 4. The van der Waals surface area contributed by atoms with Crippen LogP contribution in [0.5, 0.6) is 0 Å². The predicted molar refractivity (Wildman–Crippen MR) is 114 cm³/mol. The number of pyridine rings is 1. The zero-order valence-electron chi connectivity index (χ0n) is 15.9. The van der Waals surface area contributed by atoms with E-state index in [1.807, 2.05) is 30.5 Å². The minimum absolute atomic E-state index is 0.0150. The number of carbonyl (C=O) groups is 1. The summed E-state index contributed by atoms with van der Waals surface area (Å²) in [5.41, 5.74) is 2.44. The number of benzene rings is 2. The summed E-state index contributed by atoms with van der Waals surface area (Å²) in [6, 6.07) is 13.6. The first-order chi connectivity index (χ1) is 14.8. The van der Waals surface area contributed by atoms with Gasteiger partial charge in [-0.05, 0) is 60.0 Å². The molecular weight excluding hydrogens is 429 g/mol. The molecule has 0 aliphatic rings. The minimum Gasteiger partial charge on any atom is -0.346 e. The van der Waals surface area contributed by atoms with E-state index in [9.17, 15) is 18.0 Å². The molecule has 0 aliphatic carbocycles. The Morgan fingerprint density at radius 1 is 1.03 bits per heavy atom. The highest BCUT2D eigenvalue weighted by Crippen LogP contribution is 2.36. The number of aromatic nitrogens is 2. The highest BCUT2D eigenvalue weighted by atomic mass is 35.5. The van der Waals surface area contributed by atoms with Crippen molar-refractivity contribution in [3.05, 3.63) is 88.7 Å². The van der Waals surface area contributed by atoms with Gasteiger partial charge < -0.3 is 15.6 Å². The summed E-state index contributed by atoms with van der Waals surface area (Å²) in [6.07, 6.45) is -0.286. The number of alkyl halides is 3. The molecule has 2 heterocycles. The second-order valence-corrected chi connectivity index (χ2v) is 7.27. The third-order valence-electron chi connectivity index (χ3n) is 4.67. The van der Waals surface area contributed by atoms with Crippen molar-refractivity contribution in [2.24, 2.45) is 0 Å². The smallest absolute Gasteiger partial charge is 0.346 e. The van der Waals surface area contributed by atoms with Crippen LogP contribution in [-0.2, 0) is 12.6 Å². The molecule has 9 heteroatoms. The summed E-state index contributed by atoms with van der Waals surface area (Å²) in [7, 11) is 0. The Bertz CT molecular complexity index is 1240. The molecule has 0 bridgehead atoms. The number of anilines is 2. The average molecular weight is 445 g/mol. The molecule has 2 amide bonds. The lowest BCUT2D eigenvalue weighted by Gasteiger charge is -2.12. The van der Waals surface area contributed by atoms with Gasteiger partial charge in [-0.25, -0.2) is 9.78 Å². The van der Waals surface area contributed by atoms with Crippen LogP contribution in [0.4, 0.5) is 29.3 Å². The van der Waals surface area contributed by atoms with E-state index >= 15 is 0 Å². The molecule has 0 atom stereocenters. The summed E-state index contributed by atoms with van der Waals surface area (Å²) in [5.74, 6) is 0. The fraction of sp³-hybridized carbons (Fsp3) is 0.0909. The van der Waals surface area contributed by atoms with Crippen molar-refractivity contribution in [1.82, 2.24) is 9.97 Å². The quantitative estimate of drug-likeness (QED) is 0.337. The van der Waals surface area contributed by atoms with Gasteiger partial charge in [-0.3, -0.25) is 0 Å². The Morgan fingerprint density at radius 3 is 2.48 bits per heavy atom. The van der Waals surface area contributed by atoms with Crippen molar-refractivity contribution >= 4 is 40.0 Å². The molecular formula is C22H16ClF3N4O. The molecule has 3 N–H and O–H groups in total. The van der Waals surface area contributed by atoms with Gasteiger partial charge in [0.25, 0.3) is 0 Å². The Morgan fingerprint density at radius 2 is 1.74 bits per heavy atom. The molecule has 0 radical (unpaired) electrons. The third kappa shape index (κ3) is 4.80. The van der Waals surface area contributed by atoms with Crippen LogP contribution < -0.4 is 10.6 Å². The normalized spacial score (nSPS) is 11.5. The number of H-pyrrole nitrogens is 1. The number of fused-ring (bicyclic) bond motifs is 1. The Hall–Kier alpha value is -3.52. The summed E-state index contributed by atoms with van der Waals surface area (Å²) >= 11 is 5.59. The van der Waals surface area contributed by atoms with Crippen LogP contribution in [0.1, 0.15) is 16.7 Å². The van der Waals surface area contributed by atoms with E-state index in [-0.39, 0.29) is 5.69 Å². The van der Waals surface area contributed by atoms with Crippen LogP contribution in [0.25, 0.3) is 11.0 Å². The van der Waals surface area contributed by atoms with E-state index in [1.165, 1.54) is 6.07 Å². The van der Waals surface area contributed by atoms with E-state index in [4.69, 9.17) is 11.6 Å². The number of carbonyl (C=O) groups excluding carboxylic acids is 1. The standard InChI is InChI=1S/C22H16ClF3N4O/c23-19-8-7-16(11-18(19)22(24,25)26)30-21(31)29-15-5-3-13(4-6-15)10-14-12-28-20-17(14)2-1-9-27-20/h1-9,11-12H,10H2,(H,27,28)(H2,29,30,31). The number of hydrogen-bond donors (Lipinski definition) is 3. The van der Waals surface area contributed by atoms with Crippen LogP contribution in [0.3, 0.4) is 0 Å². The number of nitrogens with zero attached hydrogens (tertiary/aromatic N) is 1. The van der Waals surface area contributed by atoms with Crippen LogP contribution in [0.15, 0.2) is 67.0 Å². The fourth-order valence-electron chi connectivity index (χ4n) is 3.20. The van der Waals surface area contributed by atoms with E-state index in [0.717, 1.165) is 34.3 Å². The van der Waals surface area contributed by atoms with Gasteiger partial charge >= 0.3 is 12.2 Å². The van der Waals surface area contributed by atoms with Crippen molar-refractivity contribution in [1.29, 1.82) is 0 Å². The monoisotopic (exact) mass is 444 g/mol. The summed E-state index contributed by atoms with van der Waals surface area (Å²) in [4.78, 5) is 19.6. The van der Waals surface area contributed by atoms with Gasteiger partial charge in [0.2, 0.25) is 0 Å². The third-order valence-corrected chi connectivity index (χ3v) is 5.00. The molecule has 4 aromatic rings. The number of aromatic amines is 1. The van der Waals surface area contributed by atoms with E-state index in [1.54, 1.807) is 18.3 Å². The van der Waals surface area contributed by atoms with Gasteiger partial charge in [0.15, 0.2) is 0 Å². The summed E-state index contributed by atoms with van der Waals surface area (Å²) in [6.45, 7) is 0. The lowest BCUT2D eigenvalue weighted by Crippen LogP contribution is -2.20. The number of halogens is 4. The molecule has 0 aliphatic heterocycles. The maximum atomic E-state index is 13.0. The predicted octanol–water partition coefficient (Wildman–Crippen LogP) is 6.47. The summed E-state index contributed by atoms with van der Waals surface area (Å²) < 4.78 is 38.9. The second-order valence-electron chi connectivity index (χ2n) is 6.86. The first kappa shape index (κ1) is 20.7. The molecule has 4 rings (SSSR count). The Kier molecular flexibility index (Phi) is 5.56. The zero-order chi connectivity index (χ0) is 22.0. The van der Waals surface area contributed by atoms with E-state index in [0.29, 0.717) is 12.1 Å². The molecule has 0 saturated carbocycles. The van der Waals surface area contributed by atoms with Crippen molar-refractivity contribution in [3.8, 4) is 0 Å². The molecule has 0 fully saturated rings. The number of amides is 2. The summed E-state index contributed by atoms with van der Waals surface area (Å²) in [5, 5.41) is 5.60. The number of urea groups is 1. The van der Waals surface area contributed by atoms with Gasteiger partial charge in [-0.1, -0.05) is 23.7 Å². The molecule has 0 saturated heterocycles. The van der Waals surface area contributed by atoms with Gasteiger partial charge in [0.1, 0.15) is 5.65 Å². The fourth-order valence-corrected chi connectivity index (χ4v) is 3.42. The minimum atomic E-state index is -4.61. The SMILES string of the molecule is O=C(Nc1ccc(Cc2c[nH]c3ncccc23)cc1)Nc1ccc(Cl)c(C(F)(F)F)c1. The van der Waals surface area contributed by atoms with Crippen LogP contribution in [0, 0.1) is 0 Å². The van der Waals surface area contributed by atoms with E-state index in [2.05, 4.69) is 20.6 Å². The first-order valence-electron chi connectivity index (χ1n) is 9.24. The number of nitrogens with one attached hydrogen (secondary N) is 3. The molecule has 5 nitrogen and oxygen atoms in total. The lowest BCUT2D eigenvalue weighted by atomic mass is 10.0. The number of hydrogen-bond acceptors (Lipinski definition) is 2. The Labute approximate surface area is 180 Å². The van der Waals surface area contributed by atoms with Gasteiger partial charge in [-0.15, -0.1) is 0 Å². The van der Waals surface area contributed by atoms with Gasteiger partial charge in [-0.2, -0.15) is 13.2 Å². The van der Waals surface area contributed by atoms with Crippen molar-refractivity contribution in [2.45, 2.75) is 12.6 Å². The molecule has 2 aromatic heterocycles. The van der Waals surface area contributed by atoms with Crippen molar-refractivity contribution in [3.63, 3.8) is 0 Å². The van der Waals surface area contributed by atoms with Gasteiger partial charge in [0.05, 0.1) is 10.6 Å². The largest absolute Gasteiger partial charge is 0.417 e. The Balaban J connectivity index is 1.40. The highest BCUT2D eigenvalue weighted by molar-refractivity contribution is 6.31. The maximum Gasteiger partial charge on any atom is 0.417 e. The van der Waals surface area contributed by atoms with Crippen LogP contribution >= 0.6 is 11.6 Å². The van der Waals surface area contributed by atoms with E-state index < -0.39 is 22.8 Å². The molecule has 0 unspecified atom stereocenters. The van der Waals surface area contributed by atoms with Crippen molar-refractivity contribution < 1.29 is 18.0 Å². The molecule has 158 valence electrons. The average Bonchev–Trinajstić information content (AvgIpc) is 3.13. The van der Waals surface area contributed by atoms with Crippen LogP contribution in [-0.4, -0.2) is 16.0 Å². The molecule has 2 aromatic carbocycles. The van der Waals surface area contributed by atoms with Gasteiger partial charge in [0, 0.05) is 29.2 Å². The second kappa shape index (κ2) is 8.31. The first-order valence-corrected chi connectivity index (χ1v) is 9.62. The topological polar surface area (TPSA) is 69.8 Å². The van der Waals surface area contributed by atoms with Crippen LogP contribution in [0.2, 0.25) is 5.02 Å². The zero-order valence-corrected chi connectivity index (χ0v) is 16.7. The highest BCUT2D eigenvalue weighted by Gasteiger charge is 2.33. The molecule has 31 heavy (non-hydrogen) atoms. The lowest BCUT2D eigenvalue weighted by molar-refractivity contribution is -0.137. The molecule has 0 spiro atoms.